The Bertz CT molecular complexity index is 746. The third kappa shape index (κ3) is 5.29. The number of rotatable bonds is 2. The second kappa shape index (κ2) is 9.75. The molecule has 1 heterocycles. The molecule has 0 aliphatic rings. The van der Waals surface area contributed by atoms with Crippen molar-refractivity contribution in [3.63, 3.8) is 0 Å². The summed E-state index contributed by atoms with van der Waals surface area (Å²) < 4.78 is 1.77. The zero-order chi connectivity index (χ0) is 16.8. The minimum absolute atomic E-state index is 0. The van der Waals surface area contributed by atoms with Crippen LogP contribution in [0, 0.1) is 18.9 Å². The molecule has 0 atom stereocenters. The molecule has 1 aromatic heterocycles. The number of nitrogens with zero attached hydrogens (tertiary/aromatic N) is 3. The summed E-state index contributed by atoms with van der Waals surface area (Å²) in [6, 6.07) is 19.0. The second-order valence-corrected chi connectivity index (χ2v) is 5.84. The van der Waals surface area contributed by atoms with Crippen molar-refractivity contribution < 1.29 is 32.7 Å². The summed E-state index contributed by atoms with van der Waals surface area (Å²) in [6.07, 6.45) is 0. The maximum absolute atomic E-state index is 4.28. The monoisotopic (exact) mass is 393 g/mol. The third-order valence-electron chi connectivity index (χ3n) is 3.06. The van der Waals surface area contributed by atoms with Crippen molar-refractivity contribution in [3.05, 3.63) is 73.0 Å². The molecule has 3 rings (SSSR count). The first-order valence-corrected chi connectivity index (χ1v) is 7.55. The van der Waals surface area contributed by atoms with E-state index in [1.54, 1.807) is 4.68 Å². The molecule has 3 nitrogen and oxygen atoms in total. The minimum atomic E-state index is 0. The van der Waals surface area contributed by atoms with Crippen LogP contribution in [0.3, 0.4) is 0 Å². The van der Waals surface area contributed by atoms with Gasteiger partial charge in [0, 0.05) is 18.4 Å². The number of hydrogen-bond acceptors (Lipinski definition) is 2. The van der Waals surface area contributed by atoms with Gasteiger partial charge in [-0.2, -0.15) is 44.4 Å². The van der Waals surface area contributed by atoms with E-state index >= 15 is 0 Å². The maximum Gasteiger partial charge on any atom is 3.00 e. The van der Waals surface area contributed by atoms with Gasteiger partial charge >= 0.3 is 32.7 Å². The molecule has 4 heteroatoms. The van der Waals surface area contributed by atoms with Gasteiger partial charge < -0.3 is 5.92 Å². The van der Waals surface area contributed by atoms with Gasteiger partial charge in [-0.1, -0.05) is 11.3 Å². The van der Waals surface area contributed by atoms with Crippen molar-refractivity contribution in [2.45, 2.75) is 20.8 Å². The fraction of sp³-hybridized carbons (Fsp3) is 0.200. The van der Waals surface area contributed by atoms with Crippen molar-refractivity contribution in [1.29, 1.82) is 0 Å². The SMILES string of the molecule is C[C-](C)C.[CH2-]c1ccccc1-c1nnn(C)c1-c1[c-]cccc1.[Y+3]. The van der Waals surface area contributed by atoms with Gasteiger partial charge in [0.2, 0.25) is 0 Å². The minimum Gasteiger partial charge on any atom is -0.323 e. The molecule has 0 aliphatic heterocycles. The first-order chi connectivity index (χ1) is 11.0. The summed E-state index contributed by atoms with van der Waals surface area (Å²) in [5, 5.41) is 8.41. The number of aromatic nitrogens is 3. The summed E-state index contributed by atoms with van der Waals surface area (Å²) >= 11 is 0. The Morgan fingerprint density at radius 3 is 2.25 bits per heavy atom. The van der Waals surface area contributed by atoms with E-state index in [-0.39, 0.29) is 32.7 Å². The zero-order valence-corrected chi connectivity index (χ0v) is 17.6. The smallest absolute Gasteiger partial charge is 0.323 e. The zero-order valence-electron chi connectivity index (χ0n) is 14.7. The van der Waals surface area contributed by atoms with E-state index < -0.39 is 0 Å². The topological polar surface area (TPSA) is 30.7 Å². The molecule has 0 fully saturated rings. The van der Waals surface area contributed by atoms with Crippen molar-refractivity contribution in [3.8, 4) is 22.5 Å². The van der Waals surface area contributed by atoms with Crippen molar-refractivity contribution in [1.82, 2.24) is 15.0 Å². The van der Waals surface area contributed by atoms with Crippen LogP contribution in [-0.4, -0.2) is 15.0 Å². The summed E-state index contributed by atoms with van der Waals surface area (Å²) in [6.45, 7) is 10.3. The van der Waals surface area contributed by atoms with E-state index in [9.17, 15) is 0 Å². The van der Waals surface area contributed by atoms with Gasteiger partial charge in [0.1, 0.15) is 0 Å². The molecule has 0 unspecified atom stereocenters. The Kier molecular flexibility index (Phi) is 8.37. The van der Waals surface area contributed by atoms with Gasteiger partial charge in [0.15, 0.2) is 0 Å². The Labute approximate surface area is 170 Å². The van der Waals surface area contributed by atoms with Gasteiger partial charge in [-0.05, 0) is 0 Å². The summed E-state index contributed by atoms with van der Waals surface area (Å²) in [5.41, 5.74) is 4.73. The molecule has 0 radical (unpaired) electrons. The molecule has 0 bridgehead atoms. The molecule has 24 heavy (non-hydrogen) atoms. The summed E-state index contributed by atoms with van der Waals surface area (Å²) in [4.78, 5) is 0. The third-order valence-corrected chi connectivity index (χ3v) is 3.06. The molecular formula is C20H22N3Y. The van der Waals surface area contributed by atoms with Crippen molar-refractivity contribution >= 4 is 0 Å². The first-order valence-electron chi connectivity index (χ1n) is 7.55. The Morgan fingerprint density at radius 1 is 1.04 bits per heavy atom. The second-order valence-electron chi connectivity index (χ2n) is 5.84. The van der Waals surface area contributed by atoms with Gasteiger partial charge in [-0.25, -0.2) is 0 Å². The molecule has 0 N–H and O–H groups in total. The molecule has 0 saturated heterocycles. The molecule has 0 spiro atoms. The van der Waals surface area contributed by atoms with Crippen LogP contribution in [-0.2, 0) is 39.8 Å². The molecule has 0 aliphatic carbocycles. The van der Waals surface area contributed by atoms with Crippen LogP contribution < -0.4 is 0 Å². The maximum atomic E-state index is 4.28. The first kappa shape index (κ1) is 20.6. The fourth-order valence-corrected chi connectivity index (χ4v) is 2.13. The van der Waals surface area contributed by atoms with E-state index in [1.165, 1.54) is 5.92 Å². The Morgan fingerprint density at radius 2 is 1.67 bits per heavy atom. The van der Waals surface area contributed by atoms with E-state index in [4.69, 9.17) is 0 Å². The van der Waals surface area contributed by atoms with Crippen LogP contribution >= 0.6 is 0 Å². The van der Waals surface area contributed by atoms with E-state index in [1.807, 2.05) is 55.6 Å². The van der Waals surface area contributed by atoms with Crippen LogP contribution in [0.2, 0.25) is 0 Å². The van der Waals surface area contributed by atoms with Gasteiger partial charge in [-0.3, -0.25) is 4.68 Å². The van der Waals surface area contributed by atoms with Crippen molar-refractivity contribution in [2.24, 2.45) is 7.05 Å². The molecule has 120 valence electrons. The molecule has 3 aromatic rings. The van der Waals surface area contributed by atoms with Crippen LogP contribution in [0.15, 0.2) is 48.5 Å². The van der Waals surface area contributed by atoms with E-state index in [0.717, 1.165) is 28.1 Å². The average molecular weight is 393 g/mol. The number of aryl methyl sites for hydroxylation is 1. The fourth-order valence-electron chi connectivity index (χ4n) is 2.13. The molecular weight excluding hydrogens is 371 g/mol. The van der Waals surface area contributed by atoms with Crippen LogP contribution in [0.1, 0.15) is 26.3 Å². The van der Waals surface area contributed by atoms with E-state index in [0.29, 0.717) is 0 Å². The van der Waals surface area contributed by atoms with Crippen LogP contribution in [0.5, 0.6) is 0 Å². The normalized spacial score (nSPS) is 9.88. The predicted octanol–water partition coefficient (Wildman–Crippen LogP) is 4.75. The number of hydrogen-bond donors (Lipinski definition) is 0. The Balaban J connectivity index is 0.000000522. The van der Waals surface area contributed by atoms with Gasteiger partial charge in [0.05, 0.1) is 0 Å². The molecule has 0 saturated carbocycles. The summed E-state index contributed by atoms with van der Waals surface area (Å²) in [5.74, 6) is 1.42. The predicted molar refractivity (Wildman–Crippen MR) is 95.4 cm³/mol. The summed E-state index contributed by atoms with van der Waals surface area (Å²) in [7, 11) is 1.89. The molecule has 0 amide bonds. The quantitative estimate of drug-likeness (QED) is 0.589. The number of benzene rings is 2. The van der Waals surface area contributed by atoms with E-state index in [2.05, 4.69) is 44.1 Å². The van der Waals surface area contributed by atoms with Crippen LogP contribution in [0.25, 0.3) is 22.5 Å². The van der Waals surface area contributed by atoms with Gasteiger partial charge in [-0.15, -0.1) is 53.6 Å². The Hall–Kier alpha value is -1.45. The largest absolute Gasteiger partial charge is 3.00 e. The van der Waals surface area contributed by atoms with Gasteiger partial charge in [0.25, 0.3) is 0 Å². The molecule has 2 aromatic carbocycles. The van der Waals surface area contributed by atoms with Crippen molar-refractivity contribution in [2.75, 3.05) is 0 Å². The van der Waals surface area contributed by atoms with Crippen LogP contribution in [0.4, 0.5) is 0 Å². The average Bonchev–Trinajstić information content (AvgIpc) is 2.89. The standard InChI is InChI=1S/C16H13N3.C4H9.Y/c1-12-8-6-7-11-14(12)15-16(19(2)18-17-15)13-9-4-3-5-10-13;1-4(2)3;/h3-9,11H,1H2,2H3;1-3H3;/q-2;-1;+3.